The van der Waals surface area contributed by atoms with E-state index in [1.165, 1.54) is 77.0 Å². The lowest BCUT2D eigenvalue weighted by Gasteiger charge is -2.47. The molecule has 4 fully saturated rings. The number of nitrogens with one attached hydrogen (secondary N) is 2. The second kappa shape index (κ2) is 19.0. The van der Waals surface area contributed by atoms with E-state index in [-0.39, 0.29) is 18.1 Å². The lowest BCUT2D eigenvalue weighted by Crippen LogP contribution is -2.42. The van der Waals surface area contributed by atoms with Crippen molar-refractivity contribution in [2.75, 3.05) is 20.2 Å². The van der Waals surface area contributed by atoms with Crippen LogP contribution in [-0.2, 0) is 19.0 Å². The zero-order valence-electron chi connectivity index (χ0n) is 30.3. The molecule has 4 aliphatic rings. The Balaban J connectivity index is 1.17. The first kappa shape index (κ1) is 37.5. The highest BCUT2D eigenvalue weighted by atomic mass is 16.6. The molecule has 0 saturated heterocycles. The molecule has 2 amide bonds. The summed E-state index contributed by atoms with van der Waals surface area (Å²) < 4.78 is 18.7. The monoisotopic (exact) mass is 647 g/mol. The Kier molecular flexibility index (Phi) is 15.5. The van der Waals surface area contributed by atoms with Gasteiger partial charge in [-0.25, -0.2) is 4.79 Å². The number of alkyl carbamates (subject to hydrolysis) is 1. The van der Waals surface area contributed by atoms with Crippen LogP contribution in [0.3, 0.4) is 0 Å². The van der Waals surface area contributed by atoms with E-state index in [1.54, 1.807) is 6.92 Å². The third-order valence-corrected chi connectivity index (χ3v) is 12.9. The number of ether oxygens (including phenoxy) is 3. The predicted molar refractivity (Wildman–Crippen MR) is 186 cm³/mol. The van der Waals surface area contributed by atoms with Gasteiger partial charge in [0.1, 0.15) is 6.10 Å². The SMILES string of the molecule is COC1CCC(C(C)(C)C2CCC(OC3CCC(C(OC(=O)NCCCCCCNC(C)=O)C4CCC(C)CC4)CC3)CC2)CC1. The van der Waals surface area contributed by atoms with E-state index in [2.05, 4.69) is 31.4 Å². The van der Waals surface area contributed by atoms with Crippen LogP contribution in [0.2, 0.25) is 0 Å². The lowest BCUT2D eigenvalue weighted by molar-refractivity contribution is -0.118. The molecule has 46 heavy (non-hydrogen) atoms. The molecule has 0 bridgehead atoms. The molecule has 4 saturated carbocycles. The normalized spacial score (nSPS) is 33.2. The fourth-order valence-corrected chi connectivity index (χ4v) is 9.56. The third kappa shape index (κ3) is 11.7. The fourth-order valence-electron chi connectivity index (χ4n) is 9.56. The van der Waals surface area contributed by atoms with Gasteiger partial charge in [-0.15, -0.1) is 0 Å². The number of amides is 2. The van der Waals surface area contributed by atoms with Crippen molar-refractivity contribution in [2.45, 2.75) is 181 Å². The summed E-state index contributed by atoms with van der Waals surface area (Å²) in [4.78, 5) is 24.0. The van der Waals surface area contributed by atoms with Gasteiger partial charge in [-0.1, -0.05) is 46.5 Å². The van der Waals surface area contributed by atoms with E-state index in [9.17, 15) is 9.59 Å². The maximum absolute atomic E-state index is 13.0. The van der Waals surface area contributed by atoms with Crippen molar-refractivity contribution in [3.63, 3.8) is 0 Å². The summed E-state index contributed by atoms with van der Waals surface area (Å²) >= 11 is 0. The minimum atomic E-state index is -0.230. The van der Waals surface area contributed by atoms with E-state index in [0.717, 1.165) is 75.7 Å². The third-order valence-electron chi connectivity index (χ3n) is 12.9. The number of carbonyl (C=O) groups is 2. The number of rotatable bonds is 15. The van der Waals surface area contributed by atoms with Crippen LogP contribution in [-0.4, -0.2) is 56.6 Å². The second-order valence-electron chi connectivity index (χ2n) is 16.4. The zero-order valence-corrected chi connectivity index (χ0v) is 30.3. The Morgan fingerprint density at radius 1 is 0.652 bits per heavy atom. The van der Waals surface area contributed by atoms with Crippen LogP contribution in [0.5, 0.6) is 0 Å². The van der Waals surface area contributed by atoms with Crippen molar-refractivity contribution in [1.82, 2.24) is 10.6 Å². The van der Waals surface area contributed by atoms with Gasteiger partial charge in [0.2, 0.25) is 5.91 Å². The van der Waals surface area contributed by atoms with Crippen LogP contribution >= 0.6 is 0 Å². The minimum Gasteiger partial charge on any atom is -0.446 e. The molecule has 266 valence electrons. The highest BCUT2D eigenvalue weighted by molar-refractivity contribution is 5.72. The van der Waals surface area contributed by atoms with Gasteiger partial charge in [0.25, 0.3) is 0 Å². The van der Waals surface area contributed by atoms with Gasteiger partial charge in [-0.2, -0.15) is 0 Å². The number of carbonyl (C=O) groups excluding carboxylic acids is 2. The highest BCUT2D eigenvalue weighted by Gasteiger charge is 2.42. The van der Waals surface area contributed by atoms with Crippen LogP contribution in [0.15, 0.2) is 0 Å². The number of hydrogen-bond acceptors (Lipinski definition) is 5. The van der Waals surface area contributed by atoms with E-state index in [1.807, 2.05) is 7.11 Å². The fraction of sp³-hybridized carbons (Fsp3) is 0.949. The van der Waals surface area contributed by atoms with E-state index in [0.29, 0.717) is 42.1 Å². The molecule has 0 aromatic carbocycles. The van der Waals surface area contributed by atoms with Gasteiger partial charge in [0.15, 0.2) is 0 Å². The highest BCUT2D eigenvalue weighted by Crippen LogP contribution is 2.49. The Morgan fingerprint density at radius 2 is 1.11 bits per heavy atom. The zero-order chi connectivity index (χ0) is 32.9. The minimum absolute atomic E-state index is 0.0286. The Hall–Kier alpha value is -1.34. The standard InChI is InChI=1S/C39H70N2O5/c1-28-10-12-30(13-11-28)37(46-38(43)41-27-9-7-6-8-26-40-29(2)42)31-14-20-35(21-15-31)45-36-24-18-33(19-25-36)39(3,4)32-16-22-34(44-5)23-17-32/h28,30-37H,6-27H2,1-5H3,(H,40,42)(H,41,43). The number of unbranched alkanes of at least 4 members (excludes halogenated alkanes) is 3. The lowest BCUT2D eigenvalue weighted by atomic mass is 9.60. The van der Waals surface area contributed by atoms with Gasteiger partial charge in [0.05, 0.1) is 18.3 Å². The van der Waals surface area contributed by atoms with Crippen molar-refractivity contribution >= 4 is 12.0 Å². The number of methoxy groups -OCH3 is 1. The summed E-state index contributed by atoms with van der Waals surface area (Å²) in [5, 5.41) is 5.89. The summed E-state index contributed by atoms with van der Waals surface area (Å²) in [5.74, 6) is 3.38. The summed E-state index contributed by atoms with van der Waals surface area (Å²) in [6.45, 7) is 10.4. The van der Waals surface area contributed by atoms with E-state index < -0.39 is 0 Å². The quantitative estimate of drug-likeness (QED) is 0.174. The molecule has 7 nitrogen and oxygen atoms in total. The molecule has 7 heteroatoms. The van der Waals surface area contributed by atoms with Crippen molar-refractivity contribution in [3.8, 4) is 0 Å². The van der Waals surface area contributed by atoms with Gasteiger partial charge in [0, 0.05) is 27.1 Å². The summed E-state index contributed by atoms with van der Waals surface area (Å²) in [5.41, 5.74) is 0.411. The Bertz CT molecular complexity index is 879. The Labute approximate surface area is 281 Å². The maximum atomic E-state index is 13.0. The topological polar surface area (TPSA) is 85.9 Å². The molecule has 0 aromatic rings. The molecule has 4 rings (SSSR count). The van der Waals surface area contributed by atoms with Crippen LogP contribution in [0.4, 0.5) is 4.79 Å². The van der Waals surface area contributed by atoms with Crippen LogP contribution in [0.25, 0.3) is 0 Å². The van der Waals surface area contributed by atoms with Crippen molar-refractivity contribution in [1.29, 1.82) is 0 Å². The molecule has 2 N–H and O–H groups in total. The molecule has 0 aromatic heterocycles. The molecule has 4 aliphatic carbocycles. The van der Waals surface area contributed by atoms with Crippen LogP contribution in [0, 0.1) is 35.0 Å². The molecule has 1 unspecified atom stereocenters. The molecule has 1 atom stereocenters. The van der Waals surface area contributed by atoms with Gasteiger partial charge in [-0.3, -0.25) is 4.79 Å². The van der Waals surface area contributed by atoms with Crippen LogP contribution < -0.4 is 10.6 Å². The Morgan fingerprint density at radius 3 is 1.61 bits per heavy atom. The average Bonchev–Trinajstić information content (AvgIpc) is 3.06. The van der Waals surface area contributed by atoms with Crippen molar-refractivity contribution in [2.24, 2.45) is 35.0 Å². The molecular formula is C39H70N2O5. The van der Waals surface area contributed by atoms with E-state index >= 15 is 0 Å². The van der Waals surface area contributed by atoms with Gasteiger partial charge in [-0.05, 0) is 138 Å². The van der Waals surface area contributed by atoms with Gasteiger partial charge >= 0.3 is 6.09 Å². The summed E-state index contributed by atoms with van der Waals surface area (Å²) in [6.07, 6.45) is 24.5. The predicted octanol–water partition coefficient (Wildman–Crippen LogP) is 8.97. The first-order chi connectivity index (χ1) is 22.2. The molecular weight excluding hydrogens is 576 g/mol. The largest absolute Gasteiger partial charge is 0.446 e. The van der Waals surface area contributed by atoms with Gasteiger partial charge < -0.3 is 24.8 Å². The van der Waals surface area contributed by atoms with E-state index in [4.69, 9.17) is 14.2 Å². The first-order valence-electron chi connectivity index (χ1n) is 19.5. The molecule has 0 aliphatic heterocycles. The molecule has 0 heterocycles. The molecule has 0 radical (unpaired) electrons. The van der Waals surface area contributed by atoms with Crippen LogP contribution in [0.1, 0.15) is 156 Å². The maximum Gasteiger partial charge on any atom is 0.407 e. The molecule has 0 spiro atoms. The first-order valence-corrected chi connectivity index (χ1v) is 19.5. The summed E-state index contributed by atoms with van der Waals surface area (Å²) in [6, 6.07) is 0. The second-order valence-corrected chi connectivity index (χ2v) is 16.4. The number of hydrogen-bond donors (Lipinski definition) is 2. The van der Waals surface area contributed by atoms with Crippen molar-refractivity contribution < 1.29 is 23.8 Å². The smallest absolute Gasteiger partial charge is 0.407 e. The average molecular weight is 647 g/mol. The summed E-state index contributed by atoms with van der Waals surface area (Å²) in [7, 11) is 1.87. The van der Waals surface area contributed by atoms with Crippen molar-refractivity contribution in [3.05, 3.63) is 0 Å².